The molecule has 0 amide bonds. The van der Waals surface area contributed by atoms with Gasteiger partial charge in [-0.05, 0) is 30.2 Å². The van der Waals surface area contributed by atoms with Gasteiger partial charge in [0, 0.05) is 16.8 Å². The van der Waals surface area contributed by atoms with E-state index in [4.69, 9.17) is 16.3 Å². The topological polar surface area (TPSA) is 55.2 Å². The van der Waals surface area contributed by atoms with Gasteiger partial charge in [0.2, 0.25) is 5.88 Å². The number of ether oxygens (including phenoxy) is 1. The molecule has 1 aliphatic rings. The minimum absolute atomic E-state index is 0.0104. The van der Waals surface area contributed by atoms with Gasteiger partial charge < -0.3 is 9.84 Å². The molecule has 2 aromatic carbocycles. The van der Waals surface area contributed by atoms with Gasteiger partial charge in [-0.15, -0.1) is 0 Å². The number of nitrogens with zero attached hydrogens (tertiary/aromatic N) is 2. The van der Waals surface area contributed by atoms with Crippen LogP contribution in [0.4, 0.5) is 0 Å². The number of benzene rings is 2. The molecule has 0 aliphatic carbocycles. The van der Waals surface area contributed by atoms with E-state index in [1.807, 2.05) is 49.6 Å². The summed E-state index contributed by atoms with van der Waals surface area (Å²) in [6, 6.07) is 12.0. The number of hydrogen-bond acceptors (Lipinski definition) is 5. The second-order valence-corrected chi connectivity index (χ2v) is 7.23. The Bertz CT molecular complexity index is 958. The Hall–Kier alpha value is -1.82. The molecular formula is C19H17ClN2O2S. The lowest BCUT2D eigenvalue weighted by Gasteiger charge is -2.31. The summed E-state index contributed by atoms with van der Waals surface area (Å²) < 4.78 is 6.21. The monoisotopic (exact) mass is 372 g/mol. The van der Waals surface area contributed by atoms with Crippen LogP contribution in [0.15, 0.2) is 41.6 Å². The quantitative estimate of drug-likeness (QED) is 0.501. The fourth-order valence-electron chi connectivity index (χ4n) is 3.46. The second-order valence-electron chi connectivity index (χ2n) is 6.05. The van der Waals surface area contributed by atoms with E-state index in [0.29, 0.717) is 22.2 Å². The first kappa shape index (κ1) is 16.6. The molecule has 6 heteroatoms. The third-order valence-corrected chi connectivity index (χ3v) is 5.42. The van der Waals surface area contributed by atoms with Crippen LogP contribution in [0, 0.1) is 0 Å². The summed E-state index contributed by atoms with van der Waals surface area (Å²) in [6.07, 6.45) is 2.01. The number of rotatable bonds is 2. The van der Waals surface area contributed by atoms with E-state index >= 15 is 0 Å². The van der Waals surface area contributed by atoms with E-state index < -0.39 is 0 Å². The Labute approximate surface area is 155 Å². The van der Waals surface area contributed by atoms with E-state index in [1.54, 1.807) is 0 Å². The summed E-state index contributed by atoms with van der Waals surface area (Å²) in [5.74, 6) is 0.0104. The molecule has 3 aromatic rings. The van der Waals surface area contributed by atoms with Crippen LogP contribution >= 0.6 is 23.4 Å². The summed E-state index contributed by atoms with van der Waals surface area (Å²) in [4.78, 5) is 8.72. The fourth-order valence-corrected chi connectivity index (χ4v) is 4.13. The van der Waals surface area contributed by atoms with Gasteiger partial charge >= 0.3 is 0 Å². The predicted molar refractivity (Wildman–Crippen MR) is 100 cm³/mol. The van der Waals surface area contributed by atoms with Gasteiger partial charge in [0.25, 0.3) is 0 Å². The van der Waals surface area contributed by atoms with Crippen LogP contribution in [-0.2, 0) is 11.2 Å². The smallest absolute Gasteiger partial charge is 0.221 e. The second kappa shape index (κ2) is 6.48. The third-order valence-electron chi connectivity index (χ3n) is 4.55. The number of aromatic nitrogens is 2. The molecule has 0 bridgehead atoms. The highest BCUT2D eigenvalue weighted by atomic mass is 35.5. The molecule has 4 rings (SSSR count). The van der Waals surface area contributed by atoms with Gasteiger partial charge in [-0.3, -0.25) is 0 Å². The molecule has 0 spiro atoms. The van der Waals surface area contributed by atoms with E-state index in [9.17, 15) is 5.11 Å². The van der Waals surface area contributed by atoms with Gasteiger partial charge in [-0.1, -0.05) is 53.7 Å². The molecular weight excluding hydrogens is 356 g/mol. The molecule has 0 fully saturated rings. The minimum Gasteiger partial charge on any atom is -0.493 e. The normalized spacial score (nSPS) is 19.8. The lowest BCUT2D eigenvalue weighted by molar-refractivity contribution is -0.0197. The van der Waals surface area contributed by atoms with Gasteiger partial charge in [0.05, 0.1) is 23.5 Å². The van der Waals surface area contributed by atoms with Crippen LogP contribution in [0.1, 0.15) is 36.0 Å². The summed E-state index contributed by atoms with van der Waals surface area (Å²) in [5.41, 5.74) is 2.56. The Morgan fingerprint density at radius 3 is 2.72 bits per heavy atom. The first-order chi connectivity index (χ1) is 12.1. The van der Waals surface area contributed by atoms with Crippen LogP contribution in [-0.4, -0.2) is 21.3 Å². The van der Waals surface area contributed by atoms with Gasteiger partial charge in [0.1, 0.15) is 0 Å². The highest BCUT2D eigenvalue weighted by Gasteiger charge is 2.31. The third kappa shape index (κ3) is 2.86. The summed E-state index contributed by atoms with van der Waals surface area (Å²) >= 11 is 7.88. The number of hydrogen-bond donors (Lipinski definition) is 1. The Morgan fingerprint density at radius 2 is 1.96 bits per heavy atom. The summed E-state index contributed by atoms with van der Waals surface area (Å²) in [6.45, 7) is 1.92. The Kier molecular flexibility index (Phi) is 4.31. The summed E-state index contributed by atoms with van der Waals surface area (Å²) in [5, 5.41) is 13.6. The zero-order valence-corrected chi connectivity index (χ0v) is 15.4. The van der Waals surface area contributed by atoms with Crippen molar-refractivity contribution in [3.8, 4) is 5.88 Å². The van der Waals surface area contributed by atoms with Gasteiger partial charge in [-0.25, -0.2) is 4.98 Å². The molecule has 128 valence electrons. The van der Waals surface area contributed by atoms with Crippen molar-refractivity contribution in [2.75, 3.05) is 6.26 Å². The highest BCUT2D eigenvalue weighted by molar-refractivity contribution is 7.98. The molecule has 0 radical (unpaired) electrons. The molecule has 2 heterocycles. The number of aromatic hydroxyl groups is 1. The zero-order chi connectivity index (χ0) is 17.6. The number of halogens is 1. The van der Waals surface area contributed by atoms with Crippen molar-refractivity contribution in [3.05, 3.63) is 58.2 Å². The first-order valence-electron chi connectivity index (χ1n) is 8.05. The van der Waals surface area contributed by atoms with E-state index in [1.165, 1.54) is 11.8 Å². The standard InChI is InChI=1S/C19H17ClN2O2S/c1-10-16-14(21-19(25-2)22-18(16)23)9-15(24-10)12-7-3-5-11-6-4-8-13(20)17(11)12/h3-8,10,15H,9H2,1-2H3,(H,21,22,23). The van der Waals surface area contributed by atoms with Gasteiger partial charge in [0.15, 0.2) is 5.16 Å². The van der Waals surface area contributed by atoms with Crippen molar-refractivity contribution in [3.63, 3.8) is 0 Å². The van der Waals surface area contributed by atoms with Crippen LogP contribution in [0.25, 0.3) is 10.8 Å². The number of thioether (sulfide) groups is 1. The Balaban J connectivity index is 1.83. The molecule has 0 saturated carbocycles. The van der Waals surface area contributed by atoms with Crippen molar-refractivity contribution in [1.29, 1.82) is 0 Å². The van der Waals surface area contributed by atoms with Crippen LogP contribution < -0.4 is 0 Å². The SMILES string of the molecule is CSc1nc(O)c2c(n1)CC(c1cccc3cccc(Cl)c13)OC2C. The van der Waals surface area contributed by atoms with Crippen molar-refractivity contribution in [1.82, 2.24) is 9.97 Å². The molecule has 2 unspecified atom stereocenters. The van der Waals surface area contributed by atoms with Crippen LogP contribution in [0.3, 0.4) is 0 Å². The maximum Gasteiger partial charge on any atom is 0.221 e. The molecule has 4 nitrogen and oxygen atoms in total. The Morgan fingerprint density at radius 1 is 1.20 bits per heavy atom. The van der Waals surface area contributed by atoms with Crippen molar-refractivity contribution < 1.29 is 9.84 Å². The van der Waals surface area contributed by atoms with Crippen molar-refractivity contribution >= 4 is 34.1 Å². The molecule has 1 N–H and O–H groups in total. The first-order valence-corrected chi connectivity index (χ1v) is 9.65. The zero-order valence-electron chi connectivity index (χ0n) is 13.9. The average Bonchev–Trinajstić information content (AvgIpc) is 2.60. The molecule has 0 saturated heterocycles. The van der Waals surface area contributed by atoms with E-state index in [-0.39, 0.29) is 18.1 Å². The van der Waals surface area contributed by atoms with Crippen LogP contribution in [0.5, 0.6) is 5.88 Å². The van der Waals surface area contributed by atoms with E-state index in [0.717, 1.165) is 22.0 Å². The molecule has 1 aliphatic heterocycles. The maximum absolute atomic E-state index is 10.2. The van der Waals surface area contributed by atoms with Crippen molar-refractivity contribution in [2.45, 2.75) is 30.7 Å². The van der Waals surface area contributed by atoms with E-state index in [2.05, 4.69) is 9.97 Å². The summed E-state index contributed by atoms with van der Waals surface area (Å²) in [7, 11) is 0. The lowest BCUT2D eigenvalue weighted by atomic mass is 9.93. The highest BCUT2D eigenvalue weighted by Crippen LogP contribution is 2.42. The molecule has 2 atom stereocenters. The number of fused-ring (bicyclic) bond motifs is 2. The lowest BCUT2D eigenvalue weighted by Crippen LogP contribution is -2.21. The maximum atomic E-state index is 10.2. The average molecular weight is 373 g/mol. The minimum atomic E-state index is -0.289. The fraction of sp³-hybridized carbons (Fsp3) is 0.263. The van der Waals surface area contributed by atoms with Crippen LogP contribution in [0.2, 0.25) is 5.02 Å². The largest absolute Gasteiger partial charge is 0.493 e. The molecule has 25 heavy (non-hydrogen) atoms. The van der Waals surface area contributed by atoms with Crippen molar-refractivity contribution in [2.24, 2.45) is 0 Å². The predicted octanol–water partition coefficient (Wildman–Crippen LogP) is 5.09. The van der Waals surface area contributed by atoms with Gasteiger partial charge in [-0.2, -0.15) is 4.98 Å². The molecule has 1 aromatic heterocycles.